The van der Waals surface area contributed by atoms with E-state index in [-0.39, 0.29) is 17.8 Å². The third-order valence-electron chi connectivity index (χ3n) is 5.14. The van der Waals surface area contributed by atoms with E-state index in [0.717, 1.165) is 49.8 Å². The summed E-state index contributed by atoms with van der Waals surface area (Å²) in [6, 6.07) is 5.48. The van der Waals surface area contributed by atoms with Gasteiger partial charge in [-0.15, -0.1) is 0 Å². The standard InChI is InChI=1S/C22H33FN6O/c1-5-24-22(25-11-10-20-27-21(15(2)3)28-30-20)26-17-7-6-12-29(14-17)19-13-16(4)8-9-18(19)23/h8-9,13,15,17H,5-7,10-12,14H2,1-4H3,(H2,24,25,26). The molecule has 1 aliphatic heterocycles. The third-order valence-corrected chi connectivity index (χ3v) is 5.14. The van der Waals surface area contributed by atoms with Crippen molar-refractivity contribution in [2.45, 2.75) is 58.9 Å². The van der Waals surface area contributed by atoms with Crippen LogP contribution in [0.4, 0.5) is 10.1 Å². The van der Waals surface area contributed by atoms with E-state index in [2.05, 4.69) is 30.7 Å². The molecule has 2 N–H and O–H groups in total. The van der Waals surface area contributed by atoms with Crippen molar-refractivity contribution in [2.24, 2.45) is 4.99 Å². The Morgan fingerprint density at radius 1 is 1.40 bits per heavy atom. The second-order valence-electron chi connectivity index (χ2n) is 8.10. The summed E-state index contributed by atoms with van der Waals surface area (Å²) in [6.07, 6.45) is 2.63. The molecule has 1 saturated heterocycles. The van der Waals surface area contributed by atoms with Gasteiger partial charge in [0.25, 0.3) is 0 Å². The van der Waals surface area contributed by atoms with Gasteiger partial charge < -0.3 is 20.1 Å². The highest BCUT2D eigenvalue weighted by Crippen LogP contribution is 2.24. The quantitative estimate of drug-likeness (QED) is 0.532. The number of hydrogen-bond acceptors (Lipinski definition) is 5. The Bertz CT molecular complexity index is 850. The lowest BCUT2D eigenvalue weighted by Crippen LogP contribution is -2.51. The highest BCUT2D eigenvalue weighted by Gasteiger charge is 2.23. The van der Waals surface area contributed by atoms with E-state index in [1.54, 1.807) is 6.07 Å². The number of aromatic nitrogens is 2. The molecule has 164 valence electrons. The van der Waals surface area contributed by atoms with Crippen molar-refractivity contribution < 1.29 is 8.91 Å². The number of halogens is 1. The van der Waals surface area contributed by atoms with E-state index in [4.69, 9.17) is 4.52 Å². The molecule has 8 heteroatoms. The third kappa shape index (κ3) is 5.93. The summed E-state index contributed by atoms with van der Waals surface area (Å²) >= 11 is 0. The lowest BCUT2D eigenvalue weighted by molar-refractivity contribution is 0.372. The van der Waals surface area contributed by atoms with Crippen LogP contribution in [0.3, 0.4) is 0 Å². The first-order valence-electron chi connectivity index (χ1n) is 10.8. The van der Waals surface area contributed by atoms with Crippen molar-refractivity contribution in [3.8, 4) is 0 Å². The molecule has 3 rings (SSSR count). The number of benzene rings is 1. The minimum atomic E-state index is -0.165. The van der Waals surface area contributed by atoms with Gasteiger partial charge in [0.2, 0.25) is 5.89 Å². The van der Waals surface area contributed by atoms with Crippen molar-refractivity contribution in [1.82, 2.24) is 20.8 Å². The zero-order valence-corrected chi connectivity index (χ0v) is 18.4. The summed E-state index contributed by atoms with van der Waals surface area (Å²) in [5, 5.41) is 10.8. The number of guanidine groups is 1. The first-order valence-corrected chi connectivity index (χ1v) is 10.8. The van der Waals surface area contributed by atoms with Crippen molar-refractivity contribution in [2.75, 3.05) is 31.1 Å². The van der Waals surface area contributed by atoms with Crippen LogP contribution in [0.2, 0.25) is 0 Å². The molecule has 1 fully saturated rings. The van der Waals surface area contributed by atoms with Crippen LogP contribution in [0, 0.1) is 12.7 Å². The summed E-state index contributed by atoms with van der Waals surface area (Å²) in [7, 11) is 0. The molecule has 0 radical (unpaired) electrons. The summed E-state index contributed by atoms with van der Waals surface area (Å²) in [4.78, 5) is 11.2. The first kappa shape index (κ1) is 22.1. The molecule has 0 bridgehead atoms. The Morgan fingerprint density at radius 3 is 2.97 bits per heavy atom. The van der Waals surface area contributed by atoms with Crippen molar-refractivity contribution in [3.63, 3.8) is 0 Å². The van der Waals surface area contributed by atoms with Crippen LogP contribution in [-0.2, 0) is 6.42 Å². The lowest BCUT2D eigenvalue weighted by atomic mass is 10.0. The van der Waals surface area contributed by atoms with Gasteiger partial charge in [-0.2, -0.15) is 4.98 Å². The summed E-state index contributed by atoms with van der Waals surface area (Å²) < 4.78 is 19.6. The zero-order valence-electron chi connectivity index (χ0n) is 18.4. The average molecular weight is 417 g/mol. The molecule has 2 heterocycles. The van der Waals surface area contributed by atoms with Gasteiger partial charge in [0.15, 0.2) is 11.8 Å². The molecule has 1 atom stereocenters. The van der Waals surface area contributed by atoms with E-state index in [1.807, 2.05) is 39.8 Å². The van der Waals surface area contributed by atoms with Gasteiger partial charge in [-0.3, -0.25) is 4.99 Å². The molecule has 7 nitrogen and oxygen atoms in total. The van der Waals surface area contributed by atoms with Gasteiger partial charge in [0.05, 0.1) is 12.2 Å². The molecule has 0 aliphatic carbocycles. The van der Waals surface area contributed by atoms with Gasteiger partial charge in [-0.25, -0.2) is 4.39 Å². The van der Waals surface area contributed by atoms with Crippen LogP contribution in [0.25, 0.3) is 0 Å². The molecule has 1 aromatic carbocycles. The highest BCUT2D eigenvalue weighted by molar-refractivity contribution is 5.80. The number of nitrogens with one attached hydrogen (secondary N) is 2. The van der Waals surface area contributed by atoms with Crippen LogP contribution in [0.5, 0.6) is 0 Å². The molecule has 0 amide bonds. The summed E-state index contributed by atoms with van der Waals surface area (Å²) in [5.74, 6) is 2.18. The maximum atomic E-state index is 14.3. The number of piperidine rings is 1. The SMILES string of the molecule is CCNC(=NCCc1nc(C(C)C)no1)NC1CCCN(c2cc(C)ccc2F)C1. The second kappa shape index (κ2) is 10.4. The normalized spacial score (nSPS) is 17.5. The Hall–Kier alpha value is -2.64. The Morgan fingerprint density at radius 2 is 2.23 bits per heavy atom. The Balaban J connectivity index is 1.59. The molecule has 1 aromatic heterocycles. The molecular formula is C22H33FN6O. The van der Waals surface area contributed by atoms with Crippen LogP contribution in [0.1, 0.15) is 56.8 Å². The highest BCUT2D eigenvalue weighted by atomic mass is 19.1. The number of hydrogen-bond donors (Lipinski definition) is 2. The fourth-order valence-electron chi connectivity index (χ4n) is 3.56. The van der Waals surface area contributed by atoms with Crippen LogP contribution >= 0.6 is 0 Å². The summed E-state index contributed by atoms with van der Waals surface area (Å²) in [6.45, 7) is 11.0. The summed E-state index contributed by atoms with van der Waals surface area (Å²) in [5.41, 5.74) is 1.75. The second-order valence-corrected chi connectivity index (χ2v) is 8.10. The molecule has 0 spiro atoms. The lowest BCUT2D eigenvalue weighted by Gasteiger charge is -2.35. The van der Waals surface area contributed by atoms with Gasteiger partial charge in [0.1, 0.15) is 5.82 Å². The van der Waals surface area contributed by atoms with E-state index in [0.29, 0.717) is 24.5 Å². The maximum absolute atomic E-state index is 14.3. The predicted octanol–water partition coefficient (Wildman–Crippen LogP) is 3.41. The number of nitrogens with zero attached hydrogens (tertiary/aromatic N) is 4. The van der Waals surface area contributed by atoms with Gasteiger partial charge in [-0.05, 0) is 44.4 Å². The minimum absolute atomic E-state index is 0.165. The predicted molar refractivity (Wildman–Crippen MR) is 118 cm³/mol. The van der Waals surface area contributed by atoms with Crippen LogP contribution in [0.15, 0.2) is 27.7 Å². The van der Waals surface area contributed by atoms with Gasteiger partial charge >= 0.3 is 0 Å². The monoisotopic (exact) mass is 416 g/mol. The van der Waals surface area contributed by atoms with Crippen LogP contribution < -0.4 is 15.5 Å². The molecule has 0 saturated carbocycles. The minimum Gasteiger partial charge on any atom is -0.367 e. The number of anilines is 1. The fraction of sp³-hybridized carbons (Fsp3) is 0.591. The Kier molecular flexibility index (Phi) is 7.65. The zero-order chi connectivity index (χ0) is 21.5. The van der Waals surface area contributed by atoms with Crippen molar-refractivity contribution in [3.05, 3.63) is 41.3 Å². The molecule has 2 aromatic rings. The molecule has 30 heavy (non-hydrogen) atoms. The van der Waals surface area contributed by atoms with Gasteiger partial charge in [0, 0.05) is 38.0 Å². The smallest absolute Gasteiger partial charge is 0.228 e. The molecule has 1 aliphatic rings. The number of rotatable bonds is 7. The largest absolute Gasteiger partial charge is 0.367 e. The average Bonchev–Trinajstić information content (AvgIpc) is 3.19. The van der Waals surface area contributed by atoms with E-state index in [9.17, 15) is 4.39 Å². The topological polar surface area (TPSA) is 78.6 Å². The number of aliphatic imine (C=N–C) groups is 1. The maximum Gasteiger partial charge on any atom is 0.228 e. The van der Waals surface area contributed by atoms with E-state index in [1.165, 1.54) is 0 Å². The molecule has 1 unspecified atom stereocenters. The number of aryl methyl sites for hydroxylation is 1. The van der Waals surface area contributed by atoms with Crippen molar-refractivity contribution >= 4 is 11.6 Å². The first-order chi connectivity index (χ1) is 14.5. The van der Waals surface area contributed by atoms with E-state index < -0.39 is 0 Å². The van der Waals surface area contributed by atoms with Crippen LogP contribution in [-0.4, -0.2) is 48.3 Å². The Labute approximate surface area is 178 Å². The molecular weight excluding hydrogens is 383 g/mol. The fourth-order valence-corrected chi connectivity index (χ4v) is 3.56. The van der Waals surface area contributed by atoms with E-state index >= 15 is 0 Å². The van der Waals surface area contributed by atoms with Crippen molar-refractivity contribution in [1.29, 1.82) is 0 Å². The van der Waals surface area contributed by atoms with Gasteiger partial charge in [-0.1, -0.05) is 25.1 Å².